The number of hydrogen-bond acceptors (Lipinski definition) is 3. The molecule has 0 saturated heterocycles. The zero-order chi connectivity index (χ0) is 14.8. The van der Waals surface area contributed by atoms with Gasteiger partial charge in [-0.1, -0.05) is 53.5 Å². The summed E-state index contributed by atoms with van der Waals surface area (Å²) in [5.41, 5.74) is 2.01. The lowest BCUT2D eigenvalue weighted by Gasteiger charge is -2.01. The van der Waals surface area contributed by atoms with Gasteiger partial charge in [-0.25, -0.2) is 4.98 Å². The molecule has 3 aromatic rings. The van der Waals surface area contributed by atoms with Crippen molar-refractivity contribution in [3.8, 4) is 11.3 Å². The van der Waals surface area contributed by atoms with E-state index in [-0.39, 0.29) is 5.78 Å². The third-order valence-corrected chi connectivity index (χ3v) is 4.34. The highest BCUT2D eigenvalue weighted by molar-refractivity contribution is 7.12. The Hall–Kier alpha value is -1.68. The third-order valence-electron chi connectivity index (χ3n) is 2.94. The highest BCUT2D eigenvalue weighted by atomic mass is 35.5. The summed E-state index contributed by atoms with van der Waals surface area (Å²) in [4.78, 5) is 16.7. The monoisotopic (exact) mass is 333 g/mol. The number of thiazole rings is 1. The maximum atomic E-state index is 12.3. The van der Waals surface area contributed by atoms with Crippen LogP contribution in [0.2, 0.25) is 10.0 Å². The normalized spacial score (nSPS) is 10.6. The number of nitrogens with zero attached hydrogens (tertiary/aromatic N) is 1. The van der Waals surface area contributed by atoms with Gasteiger partial charge >= 0.3 is 0 Å². The number of ketones is 1. The predicted molar refractivity (Wildman–Crippen MR) is 87.4 cm³/mol. The van der Waals surface area contributed by atoms with Gasteiger partial charge in [-0.15, -0.1) is 11.3 Å². The molecule has 2 nitrogen and oxygen atoms in total. The lowest BCUT2D eigenvalue weighted by Crippen LogP contribution is -2.00. The summed E-state index contributed by atoms with van der Waals surface area (Å²) < 4.78 is 0. The van der Waals surface area contributed by atoms with E-state index in [1.807, 2.05) is 23.6 Å². The molecule has 0 aliphatic heterocycles. The van der Waals surface area contributed by atoms with Gasteiger partial charge in [0.05, 0.1) is 10.7 Å². The molecule has 2 aromatic carbocycles. The number of aromatic nitrogens is 1. The zero-order valence-corrected chi connectivity index (χ0v) is 13.0. The first-order chi connectivity index (χ1) is 10.1. The number of carbonyl (C=O) groups excluding carboxylic acids is 1. The van der Waals surface area contributed by atoms with Gasteiger partial charge in [-0.2, -0.15) is 0 Å². The molecular weight excluding hydrogens is 325 g/mol. The Morgan fingerprint density at radius 3 is 2.57 bits per heavy atom. The van der Waals surface area contributed by atoms with E-state index in [9.17, 15) is 4.79 Å². The van der Waals surface area contributed by atoms with E-state index in [2.05, 4.69) is 4.98 Å². The van der Waals surface area contributed by atoms with Gasteiger partial charge in [0.15, 0.2) is 5.01 Å². The summed E-state index contributed by atoms with van der Waals surface area (Å²) in [6.07, 6.45) is 0. The van der Waals surface area contributed by atoms with E-state index in [0.717, 1.165) is 5.56 Å². The molecule has 1 aromatic heterocycles. The number of rotatable bonds is 3. The Kier molecular flexibility index (Phi) is 4.06. The molecule has 0 N–H and O–H groups in total. The van der Waals surface area contributed by atoms with Crippen LogP contribution >= 0.6 is 34.5 Å². The molecule has 0 atom stereocenters. The quantitative estimate of drug-likeness (QED) is 0.605. The smallest absolute Gasteiger partial charge is 0.221 e. The molecule has 0 aliphatic carbocycles. The first-order valence-electron chi connectivity index (χ1n) is 6.16. The molecule has 0 spiro atoms. The summed E-state index contributed by atoms with van der Waals surface area (Å²) in [6.45, 7) is 0. The highest BCUT2D eigenvalue weighted by Gasteiger charge is 2.15. The molecule has 0 radical (unpaired) electrons. The van der Waals surface area contributed by atoms with Crippen LogP contribution in [0.3, 0.4) is 0 Å². The fourth-order valence-electron chi connectivity index (χ4n) is 1.91. The van der Waals surface area contributed by atoms with Crippen molar-refractivity contribution in [3.63, 3.8) is 0 Å². The lowest BCUT2D eigenvalue weighted by molar-refractivity contribution is 0.103. The number of benzene rings is 2. The number of carbonyl (C=O) groups is 1. The molecule has 3 rings (SSSR count). The average Bonchev–Trinajstić information content (AvgIpc) is 2.99. The van der Waals surface area contributed by atoms with E-state index in [4.69, 9.17) is 23.2 Å². The van der Waals surface area contributed by atoms with Crippen LogP contribution in [0.25, 0.3) is 11.3 Å². The fourth-order valence-corrected chi connectivity index (χ4v) is 3.07. The minimum absolute atomic E-state index is 0.0926. The van der Waals surface area contributed by atoms with E-state index >= 15 is 0 Å². The molecule has 0 bridgehead atoms. The molecule has 0 amide bonds. The first-order valence-corrected chi connectivity index (χ1v) is 7.79. The molecule has 0 unspecified atom stereocenters. The van der Waals surface area contributed by atoms with Crippen molar-refractivity contribution >= 4 is 40.3 Å². The second-order valence-corrected chi connectivity index (χ2v) is 6.06. The SMILES string of the molecule is O=C(c1ccccc1)c1nc(-c2cc(Cl)ccc2Cl)cs1. The van der Waals surface area contributed by atoms with Gasteiger partial charge in [0.25, 0.3) is 0 Å². The van der Waals surface area contributed by atoms with Crippen LogP contribution < -0.4 is 0 Å². The molecule has 0 fully saturated rings. The maximum absolute atomic E-state index is 12.3. The summed E-state index contributed by atoms with van der Waals surface area (Å²) in [7, 11) is 0. The standard InChI is InChI=1S/C16H9Cl2NOS/c17-11-6-7-13(18)12(8-11)14-9-21-16(19-14)15(20)10-4-2-1-3-5-10/h1-9H. The Balaban J connectivity index is 1.97. The summed E-state index contributed by atoms with van der Waals surface area (Å²) in [6, 6.07) is 14.3. The first kappa shape index (κ1) is 14.3. The van der Waals surface area contributed by atoms with Gasteiger partial charge in [-0.3, -0.25) is 4.79 Å². The molecule has 1 heterocycles. The van der Waals surface area contributed by atoms with Crippen molar-refractivity contribution in [1.29, 1.82) is 0 Å². The van der Waals surface area contributed by atoms with Crippen LogP contribution in [0.15, 0.2) is 53.9 Å². The van der Waals surface area contributed by atoms with Crippen molar-refractivity contribution < 1.29 is 4.79 Å². The highest BCUT2D eigenvalue weighted by Crippen LogP contribution is 2.31. The maximum Gasteiger partial charge on any atom is 0.221 e. The summed E-state index contributed by atoms with van der Waals surface area (Å²) in [5, 5.41) is 3.39. The van der Waals surface area contributed by atoms with Crippen LogP contribution in [0.4, 0.5) is 0 Å². The van der Waals surface area contributed by atoms with Crippen LogP contribution in [0.1, 0.15) is 15.4 Å². The van der Waals surface area contributed by atoms with Crippen LogP contribution in [-0.2, 0) is 0 Å². The van der Waals surface area contributed by atoms with Crippen molar-refractivity contribution in [2.45, 2.75) is 0 Å². The Morgan fingerprint density at radius 1 is 1.05 bits per heavy atom. The Labute approximate surface area is 136 Å². The minimum atomic E-state index is -0.0926. The second kappa shape index (κ2) is 5.98. The van der Waals surface area contributed by atoms with Gasteiger partial charge in [0.2, 0.25) is 5.78 Å². The minimum Gasteiger partial charge on any atom is -0.286 e. The van der Waals surface area contributed by atoms with Crippen molar-refractivity contribution in [2.24, 2.45) is 0 Å². The molecule has 0 saturated carbocycles. The van der Waals surface area contributed by atoms with Crippen molar-refractivity contribution in [1.82, 2.24) is 4.98 Å². The average molecular weight is 334 g/mol. The van der Waals surface area contributed by atoms with Crippen LogP contribution in [0.5, 0.6) is 0 Å². The molecule has 5 heteroatoms. The molecule has 0 aliphatic rings. The van der Waals surface area contributed by atoms with E-state index in [1.165, 1.54) is 11.3 Å². The van der Waals surface area contributed by atoms with Gasteiger partial charge in [0.1, 0.15) is 0 Å². The molecular formula is C16H9Cl2NOS. The number of hydrogen-bond donors (Lipinski definition) is 0. The summed E-state index contributed by atoms with van der Waals surface area (Å²) >= 11 is 13.4. The predicted octanol–water partition coefficient (Wildman–Crippen LogP) is 5.35. The van der Waals surface area contributed by atoms with E-state index < -0.39 is 0 Å². The zero-order valence-electron chi connectivity index (χ0n) is 10.7. The molecule has 21 heavy (non-hydrogen) atoms. The van der Waals surface area contributed by atoms with E-state index in [0.29, 0.717) is 26.3 Å². The van der Waals surface area contributed by atoms with Gasteiger partial charge in [-0.05, 0) is 18.2 Å². The van der Waals surface area contributed by atoms with Crippen molar-refractivity contribution in [3.05, 3.63) is 74.5 Å². The van der Waals surface area contributed by atoms with Gasteiger partial charge < -0.3 is 0 Å². The van der Waals surface area contributed by atoms with E-state index in [1.54, 1.807) is 30.3 Å². The molecule has 104 valence electrons. The summed E-state index contributed by atoms with van der Waals surface area (Å²) in [5.74, 6) is -0.0926. The Morgan fingerprint density at radius 2 is 1.81 bits per heavy atom. The second-order valence-electron chi connectivity index (χ2n) is 4.36. The van der Waals surface area contributed by atoms with Crippen LogP contribution in [-0.4, -0.2) is 10.8 Å². The Bertz CT molecular complexity index is 799. The largest absolute Gasteiger partial charge is 0.286 e. The van der Waals surface area contributed by atoms with Gasteiger partial charge in [0, 0.05) is 21.5 Å². The van der Waals surface area contributed by atoms with Crippen molar-refractivity contribution in [2.75, 3.05) is 0 Å². The lowest BCUT2D eigenvalue weighted by atomic mass is 10.1. The fraction of sp³-hybridized carbons (Fsp3) is 0. The van der Waals surface area contributed by atoms with Crippen LogP contribution in [0, 0.1) is 0 Å². The number of halogens is 2. The third kappa shape index (κ3) is 3.00. The topological polar surface area (TPSA) is 30.0 Å².